The molecule has 0 fully saturated rings. The molecule has 0 heterocycles. The van der Waals surface area contributed by atoms with Crippen LogP contribution in [0.15, 0.2) is 53.1 Å². The lowest BCUT2D eigenvalue weighted by Gasteiger charge is -2.31. The van der Waals surface area contributed by atoms with Gasteiger partial charge in [0.2, 0.25) is 0 Å². The zero-order chi connectivity index (χ0) is 17.4. The van der Waals surface area contributed by atoms with Crippen molar-refractivity contribution in [3.05, 3.63) is 63.7 Å². The molecule has 1 aromatic rings. The summed E-state index contributed by atoms with van der Waals surface area (Å²) in [6.07, 6.45) is 6.05. The molecular weight excluding hydrogens is 304 g/mol. The van der Waals surface area contributed by atoms with Crippen LogP contribution >= 0.6 is 11.6 Å². The Kier molecular flexibility index (Phi) is 4.73. The van der Waals surface area contributed by atoms with Gasteiger partial charge in [-0.05, 0) is 46.3 Å². The van der Waals surface area contributed by atoms with Gasteiger partial charge in [-0.1, -0.05) is 71.3 Å². The van der Waals surface area contributed by atoms with Gasteiger partial charge in [-0.2, -0.15) is 0 Å². The summed E-state index contributed by atoms with van der Waals surface area (Å²) in [5.41, 5.74) is 3.30. The van der Waals surface area contributed by atoms with E-state index in [9.17, 15) is 4.79 Å². The Morgan fingerprint density at radius 2 is 1.35 bits per heavy atom. The highest BCUT2D eigenvalue weighted by Gasteiger charge is 2.33. The maximum Gasteiger partial charge on any atom is 0.186 e. The maximum absolute atomic E-state index is 12.9. The normalized spacial score (nSPS) is 16.1. The lowest BCUT2D eigenvalue weighted by molar-refractivity contribution is -0.114. The average Bonchev–Trinajstić information content (AvgIpc) is 2.40. The molecule has 2 heteroatoms. The average molecular weight is 329 g/mol. The standard InChI is InChI=1S/C21H25ClO/c1-20(2,3)16-12-14(11-15-9-7-8-10-18(15)22)13-17(19(16)23)21(4,5)6/h7-13H,1-6H3. The molecule has 0 aliphatic heterocycles. The van der Waals surface area contributed by atoms with Crippen LogP contribution in [0.5, 0.6) is 0 Å². The summed E-state index contributed by atoms with van der Waals surface area (Å²) in [4.78, 5) is 12.9. The lowest BCUT2D eigenvalue weighted by Crippen LogP contribution is -2.27. The number of ketones is 1. The van der Waals surface area contributed by atoms with E-state index in [1.54, 1.807) is 0 Å². The van der Waals surface area contributed by atoms with Crippen molar-refractivity contribution < 1.29 is 4.79 Å². The number of rotatable bonds is 1. The van der Waals surface area contributed by atoms with Crippen LogP contribution < -0.4 is 0 Å². The van der Waals surface area contributed by atoms with E-state index in [-0.39, 0.29) is 16.6 Å². The van der Waals surface area contributed by atoms with Crippen LogP contribution in [-0.2, 0) is 4.79 Å². The third-order valence-electron chi connectivity index (χ3n) is 3.95. The predicted octanol–water partition coefficient (Wildman–Crippen LogP) is 6.25. The quantitative estimate of drug-likeness (QED) is 0.595. The molecule has 23 heavy (non-hydrogen) atoms. The van der Waals surface area contributed by atoms with Gasteiger partial charge in [0.25, 0.3) is 0 Å². The van der Waals surface area contributed by atoms with E-state index in [0.29, 0.717) is 5.02 Å². The zero-order valence-corrected chi connectivity index (χ0v) is 15.6. The van der Waals surface area contributed by atoms with Gasteiger partial charge in [0, 0.05) is 16.2 Å². The fraction of sp³-hybridized carbons (Fsp3) is 0.381. The Hall–Kier alpha value is -1.60. The molecule has 0 saturated heterocycles. The lowest BCUT2D eigenvalue weighted by atomic mass is 9.72. The van der Waals surface area contributed by atoms with Crippen LogP contribution in [0.2, 0.25) is 5.02 Å². The molecule has 0 bridgehead atoms. The largest absolute Gasteiger partial charge is 0.289 e. The molecule has 1 nitrogen and oxygen atoms in total. The third-order valence-corrected chi connectivity index (χ3v) is 4.30. The molecule has 0 N–H and O–H groups in total. The summed E-state index contributed by atoms with van der Waals surface area (Å²) in [5.74, 6) is 0.154. The summed E-state index contributed by atoms with van der Waals surface area (Å²) < 4.78 is 0. The molecule has 2 rings (SSSR count). The second-order valence-corrected chi connectivity index (χ2v) is 8.52. The number of carbonyl (C=O) groups excluding carboxylic acids is 1. The number of carbonyl (C=O) groups is 1. The Balaban J connectivity index is 2.61. The van der Waals surface area contributed by atoms with Gasteiger partial charge < -0.3 is 0 Å². The first-order valence-electron chi connectivity index (χ1n) is 7.95. The summed E-state index contributed by atoms with van der Waals surface area (Å²) in [6.45, 7) is 12.5. The van der Waals surface area contributed by atoms with Gasteiger partial charge >= 0.3 is 0 Å². The van der Waals surface area contributed by atoms with Crippen LogP contribution in [0.4, 0.5) is 0 Å². The van der Waals surface area contributed by atoms with E-state index in [1.165, 1.54) is 0 Å². The smallest absolute Gasteiger partial charge is 0.186 e. The molecule has 1 aromatic carbocycles. The predicted molar refractivity (Wildman–Crippen MR) is 99.5 cm³/mol. The highest BCUT2D eigenvalue weighted by atomic mass is 35.5. The Morgan fingerprint density at radius 1 is 0.870 bits per heavy atom. The van der Waals surface area contributed by atoms with Crippen LogP contribution in [0.25, 0.3) is 6.08 Å². The number of Topliss-reactive ketones (excluding diaryl/α,β-unsaturated/α-hetero) is 1. The van der Waals surface area contributed by atoms with E-state index in [2.05, 4.69) is 41.5 Å². The summed E-state index contributed by atoms with van der Waals surface area (Å²) >= 11 is 6.27. The molecule has 0 aromatic heterocycles. The third kappa shape index (κ3) is 4.03. The maximum atomic E-state index is 12.9. The minimum atomic E-state index is -0.193. The first kappa shape index (κ1) is 17.7. The van der Waals surface area contributed by atoms with Crippen molar-refractivity contribution in [2.75, 3.05) is 0 Å². The van der Waals surface area contributed by atoms with Crippen molar-refractivity contribution in [3.63, 3.8) is 0 Å². The number of halogens is 1. The van der Waals surface area contributed by atoms with Gasteiger partial charge in [-0.15, -0.1) is 0 Å². The van der Waals surface area contributed by atoms with Crippen LogP contribution in [0.3, 0.4) is 0 Å². The molecule has 1 aliphatic carbocycles. The van der Waals surface area contributed by atoms with Gasteiger partial charge in [0.1, 0.15) is 0 Å². The van der Waals surface area contributed by atoms with E-state index < -0.39 is 0 Å². The topological polar surface area (TPSA) is 17.1 Å². The molecule has 0 radical (unpaired) electrons. The molecule has 1 aliphatic rings. The molecule has 0 saturated carbocycles. The Labute approximate surface area is 144 Å². The van der Waals surface area contributed by atoms with E-state index >= 15 is 0 Å². The van der Waals surface area contributed by atoms with E-state index in [0.717, 1.165) is 22.3 Å². The number of benzene rings is 1. The first-order valence-corrected chi connectivity index (χ1v) is 8.33. The molecular formula is C21H25ClO. The zero-order valence-electron chi connectivity index (χ0n) is 14.8. The van der Waals surface area contributed by atoms with Crippen molar-refractivity contribution in [1.29, 1.82) is 0 Å². The minimum Gasteiger partial charge on any atom is -0.289 e. The SMILES string of the molecule is CC(C)(C)C1=CC(=Cc2ccccc2Cl)C=C(C(C)(C)C)C1=O. The van der Waals surface area contributed by atoms with Gasteiger partial charge in [-0.25, -0.2) is 0 Å². The highest BCUT2D eigenvalue weighted by molar-refractivity contribution is 6.32. The monoisotopic (exact) mass is 328 g/mol. The summed E-state index contributed by atoms with van der Waals surface area (Å²) in [5, 5.41) is 0.716. The number of allylic oxidation sites excluding steroid dienone is 5. The summed E-state index contributed by atoms with van der Waals surface area (Å²) in [7, 11) is 0. The number of hydrogen-bond donors (Lipinski definition) is 0. The fourth-order valence-corrected chi connectivity index (χ4v) is 2.81. The Morgan fingerprint density at radius 3 is 1.78 bits per heavy atom. The second-order valence-electron chi connectivity index (χ2n) is 8.11. The van der Waals surface area contributed by atoms with Crippen molar-refractivity contribution in [2.24, 2.45) is 10.8 Å². The summed E-state index contributed by atoms with van der Waals surface area (Å²) in [6, 6.07) is 7.75. The fourth-order valence-electron chi connectivity index (χ4n) is 2.62. The van der Waals surface area contributed by atoms with Gasteiger partial charge in [0.05, 0.1) is 0 Å². The van der Waals surface area contributed by atoms with Gasteiger partial charge in [-0.3, -0.25) is 4.79 Å². The molecule has 122 valence electrons. The van der Waals surface area contributed by atoms with E-state index in [4.69, 9.17) is 11.6 Å². The van der Waals surface area contributed by atoms with Crippen LogP contribution in [0, 0.1) is 10.8 Å². The second kappa shape index (κ2) is 6.13. The van der Waals surface area contributed by atoms with Crippen molar-refractivity contribution in [3.8, 4) is 0 Å². The molecule has 0 atom stereocenters. The first-order chi connectivity index (χ1) is 10.5. The highest BCUT2D eigenvalue weighted by Crippen LogP contribution is 2.39. The Bertz CT molecular complexity index is 683. The van der Waals surface area contributed by atoms with Gasteiger partial charge in [0.15, 0.2) is 5.78 Å². The molecule has 0 unspecified atom stereocenters. The number of hydrogen-bond acceptors (Lipinski definition) is 1. The van der Waals surface area contributed by atoms with Crippen molar-refractivity contribution in [2.45, 2.75) is 41.5 Å². The molecule has 0 spiro atoms. The van der Waals surface area contributed by atoms with Crippen molar-refractivity contribution in [1.82, 2.24) is 0 Å². The van der Waals surface area contributed by atoms with E-state index in [1.807, 2.05) is 42.5 Å². The van der Waals surface area contributed by atoms with Crippen molar-refractivity contribution >= 4 is 23.5 Å². The van der Waals surface area contributed by atoms with Crippen LogP contribution in [0.1, 0.15) is 47.1 Å². The molecule has 0 amide bonds. The minimum absolute atomic E-state index is 0.154. The van der Waals surface area contributed by atoms with Crippen LogP contribution in [-0.4, -0.2) is 5.78 Å².